The molecule has 2 aromatic carbocycles. The fraction of sp³-hybridized carbons (Fsp3) is 0.250. The summed E-state index contributed by atoms with van der Waals surface area (Å²) >= 11 is 0. The van der Waals surface area contributed by atoms with E-state index in [9.17, 15) is 14.4 Å². The highest BCUT2D eigenvalue weighted by molar-refractivity contribution is 6.07. The van der Waals surface area contributed by atoms with Crippen molar-refractivity contribution in [3.05, 3.63) is 71.3 Å². The molecule has 6 nitrogen and oxygen atoms in total. The lowest BCUT2D eigenvalue weighted by atomic mass is 9.92. The van der Waals surface area contributed by atoms with Gasteiger partial charge in [-0.25, -0.2) is 4.79 Å². The number of imide groups is 1. The van der Waals surface area contributed by atoms with Gasteiger partial charge in [0.2, 0.25) is 0 Å². The maximum absolute atomic E-state index is 12.9. The molecule has 0 radical (unpaired) electrons. The highest BCUT2D eigenvalue weighted by atomic mass is 16.2. The average Bonchev–Trinajstić information content (AvgIpc) is 2.86. The second kappa shape index (κ2) is 6.63. The predicted octanol–water partition coefficient (Wildman–Crippen LogP) is 2.36. The van der Waals surface area contributed by atoms with Crippen molar-refractivity contribution in [2.75, 3.05) is 14.1 Å². The summed E-state index contributed by atoms with van der Waals surface area (Å²) in [6, 6.07) is 15.7. The standard InChI is InChI=1S/C20H21N3O3/c1-20(16-10-5-4-6-11-16)18(25)23(19(26)21-20)13-14-8-7-9-15(12-14)17(24)22(2)3/h4-12H,13H2,1-3H3,(H,21,26). The Morgan fingerprint density at radius 3 is 2.42 bits per heavy atom. The van der Waals surface area contributed by atoms with Crippen molar-refractivity contribution in [3.8, 4) is 0 Å². The molecule has 1 unspecified atom stereocenters. The van der Waals surface area contributed by atoms with Crippen LogP contribution in [0.15, 0.2) is 54.6 Å². The van der Waals surface area contributed by atoms with E-state index in [1.54, 1.807) is 45.3 Å². The lowest BCUT2D eigenvalue weighted by Gasteiger charge is -2.22. The van der Waals surface area contributed by atoms with Crippen LogP contribution in [0.5, 0.6) is 0 Å². The summed E-state index contributed by atoms with van der Waals surface area (Å²) in [5.74, 6) is -0.434. The molecule has 0 spiro atoms. The Morgan fingerprint density at radius 2 is 1.77 bits per heavy atom. The first-order valence-electron chi connectivity index (χ1n) is 8.33. The topological polar surface area (TPSA) is 69.7 Å². The zero-order valence-corrected chi connectivity index (χ0v) is 15.0. The summed E-state index contributed by atoms with van der Waals surface area (Å²) < 4.78 is 0. The molecule has 1 aliphatic heterocycles. The molecular formula is C20H21N3O3. The number of carbonyl (C=O) groups excluding carboxylic acids is 3. The minimum Gasteiger partial charge on any atom is -0.345 e. The van der Waals surface area contributed by atoms with Crippen LogP contribution in [0.2, 0.25) is 0 Å². The molecule has 1 heterocycles. The van der Waals surface area contributed by atoms with E-state index in [0.717, 1.165) is 11.1 Å². The zero-order chi connectivity index (χ0) is 18.9. The van der Waals surface area contributed by atoms with Crippen LogP contribution < -0.4 is 5.32 Å². The number of nitrogens with zero attached hydrogens (tertiary/aromatic N) is 2. The van der Waals surface area contributed by atoms with Crippen LogP contribution in [-0.4, -0.2) is 41.7 Å². The highest BCUT2D eigenvalue weighted by Crippen LogP contribution is 2.29. The van der Waals surface area contributed by atoms with Gasteiger partial charge in [-0.15, -0.1) is 0 Å². The largest absolute Gasteiger partial charge is 0.345 e. The Bertz CT molecular complexity index is 864. The second-order valence-electron chi connectivity index (χ2n) is 6.71. The van der Waals surface area contributed by atoms with Gasteiger partial charge in [-0.3, -0.25) is 14.5 Å². The third-order valence-corrected chi connectivity index (χ3v) is 4.55. The van der Waals surface area contributed by atoms with Gasteiger partial charge >= 0.3 is 6.03 Å². The van der Waals surface area contributed by atoms with Crippen molar-refractivity contribution in [3.63, 3.8) is 0 Å². The van der Waals surface area contributed by atoms with Crippen LogP contribution in [-0.2, 0) is 16.9 Å². The van der Waals surface area contributed by atoms with E-state index < -0.39 is 11.6 Å². The predicted molar refractivity (Wildman–Crippen MR) is 97.3 cm³/mol. The molecule has 1 N–H and O–H groups in total. The molecule has 1 aliphatic rings. The number of carbonyl (C=O) groups is 3. The molecule has 1 atom stereocenters. The van der Waals surface area contributed by atoms with Crippen LogP contribution in [0.25, 0.3) is 0 Å². The van der Waals surface area contributed by atoms with Crippen molar-refractivity contribution in [2.45, 2.75) is 19.0 Å². The summed E-state index contributed by atoms with van der Waals surface area (Å²) in [6.07, 6.45) is 0. The molecular weight excluding hydrogens is 330 g/mol. The van der Waals surface area contributed by atoms with Crippen molar-refractivity contribution in [2.24, 2.45) is 0 Å². The number of nitrogens with one attached hydrogen (secondary N) is 1. The van der Waals surface area contributed by atoms with Crippen LogP contribution in [0.4, 0.5) is 4.79 Å². The Morgan fingerprint density at radius 1 is 1.08 bits per heavy atom. The maximum atomic E-state index is 12.9. The summed E-state index contributed by atoms with van der Waals surface area (Å²) in [5.41, 5.74) is 0.886. The fourth-order valence-corrected chi connectivity index (χ4v) is 3.05. The van der Waals surface area contributed by atoms with E-state index in [-0.39, 0.29) is 18.4 Å². The number of rotatable bonds is 4. The van der Waals surface area contributed by atoms with Gasteiger partial charge in [0.1, 0.15) is 5.54 Å². The van der Waals surface area contributed by atoms with E-state index in [1.165, 1.54) is 9.80 Å². The molecule has 0 bridgehead atoms. The minimum atomic E-state index is -1.09. The summed E-state index contributed by atoms with van der Waals surface area (Å²) in [6.45, 7) is 1.82. The van der Waals surface area contributed by atoms with Gasteiger partial charge in [-0.1, -0.05) is 42.5 Å². The summed E-state index contributed by atoms with van der Waals surface area (Å²) in [4.78, 5) is 40.1. The summed E-state index contributed by atoms with van der Waals surface area (Å²) in [7, 11) is 3.36. The number of hydrogen-bond acceptors (Lipinski definition) is 3. The molecule has 3 rings (SSSR count). The van der Waals surface area contributed by atoms with E-state index >= 15 is 0 Å². The molecule has 1 fully saturated rings. The Labute approximate surface area is 152 Å². The SMILES string of the molecule is CN(C)C(=O)c1cccc(CN2C(=O)NC(C)(c3ccccc3)C2=O)c1. The van der Waals surface area contributed by atoms with E-state index in [4.69, 9.17) is 0 Å². The molecule has 2 aromatic rings. The van der Waals surface area contributed by atoms with Crippen molar-refractivity contribution < 1.29 is 14.4 Å². The van der Waals surface area contributed by atoms with Gasteiger partial charge in [0, 0.05) is 19.7 Å². The highest BCUT2D eigenvalue weighted by Gasteiger charge is 2.48. The molecule has 4 amide bonds. The number of hydrogen-bond donors (Lipinski definition) is 1. The molecule has 0 aliphatic carbocycles. The van der Waals surface area contributed by atoms with Crippen LogP contribution >= 0.6 is 0 Å². The summed E-state index contributed by atoms with van der Waals surface area (Å²) in [5, 5.41) is 2.78. The zero-order valence-electron chi connectivity index (χ0n) is 15.0. The molecule has 6 heteroatoms. The minimum absolute atomic E-state index is 0.113. The van der Waals surface area contributed by atoms with Crippen molar-refractivity contribution in [1.82, 2.24) is 15.1 Å². The first-order chi connectivity index (χ1) is 12.3. The normalized spacial score (nSPS) is 19.4. The van der Waals surface area contributed by atoms with Gasteiger partial charge < -0.3 is 10.2 Å². The molecule has 0 aromatic heterocycles. The van der Waals surface area contributed by atoms with Gasteiger partial charge in [0.15, 0.2) is 0 Å². The Balaban J connectivity index is 1.85. The number of amides is 4. The fourth-order valence-electron chi connectivity index (χ4n) is 3.05. The first kappa shape index (κ1) is 17.7. The quantitative estimate of drug-likeness (QED) is 0.860. The Kier molecular flexibility index (Phi) is 4.50. The average molecular weight is 351 g/mol. The van der Waals surface area contributed by atoms with Crippen LogP contribution in [0, 0.1) is 0 Å². The lowest BCUT2D eigenvalue weighted by Crippen LogP contribution is -2.40. The van der Waals surface area contributed by atoms with Gasteiger partial charge in [0.25, 0.3) is 11.8 Å². The van der Waals surface area contributed by atoms with Gasteiger partial charge in [-0.2, -0.15) is 0 Å². The van der Waals surface area contributed by atoms with E-state index in [2.05, 4.69) is 5.32 Å². The maximum Gasteiger partial charge on any atom is 0.325 e. The molecule has 26 heavy (non-hydrogen) atoms. The third-order valence-electron chi connectivity index (χ3n) is 4.55. The van der Waals surface area contributed by atoms with Crippen molar-refractivity contribution in [1.29, 1.82) is 0 Å². The van der Waals surface area contributed by atoms with Gasteiger partial charge in [0.05, 0.1) is 6.54 Å². The number of benzene rings is 2. The monoisotopic (exact) mass is 351 g/mol. The van der Waals surface area contributed by atoms with Gasteiger partial charge in [-0.05, 0) is 30.2 Å². The Hall–Kier alpha value is -3.15. The second-order valence-corrected chi connectivity index (χ2v) is 6.71. The molecule has 1 saturated heterocycles. The van der Waals surface area contributed by atoms with E-state index in [0.29, 0.717) is 5.56 Å². The lowest BCUT2D eigenvalue weighted by molar-refractivity contribution is -0.131. The number of urea groups is 1. The molecule has 134 valence electrons. The van der Waals surface area contributed by atoms with Crippen LogP contribution in [0.1, 0.15) is 28.4 Å². The van der Waals surface area contributed by atoms with E-state index in [1.807, 2.05) is 30.3 Å². The first-order valence-corrected chi connectivity index (χ1v) is 8.33. The van der Waals surface area contributed by atoms with Crippen LogP contribution in [0.3, 0.4) is 0 Å². The van der Waals surface area contributed by atoms with Crippen molar-refractivity contribution >= 4 is 17.8 Å². The smallest absolute Gasteiger partial charge is 0.325 e. The molecule has 0 saturated carbocycles. The third kappa shape index (κ3) is 3.06.